The summed E-state index contributed by atoms with van der Waals surface area (Å²) in [4.78, 5) is 11.9. The smallest absolute Gasteiger partial charge is 0.225 e. The lowest BCUT2D eigenvalue weighted by Crippen LogP contribution is -2.28. The molecule has 0 spiro atoms. The van der Waals surface area contributed by atoms with E-state index in [-0.39, 0.29) is 0 Å². The van der Waals surface area contributed by atoms with Crippen molar-refractivity contribution in [3.8, 4) is 0 Å². The number of hydrogen-bond donors (Lipinski definition) is 1. The average molecular weight is 308 g/mol. The van der Waals surface area contributed by atoms with Crippen LogP contribution in [0.2, 0.25) is 0 Å². The number of fused-ring (bicyclic) bond motifs is 5. The fourth-order valence-electron chi connectivity index (χ4n) is 3.93. The minimum atomic E-state index is 0.339. The number of hydrogen-bond acceptors (Lipinski definition) is 4. The lowest BCUT2D eigenvalue weighted by molar-refractivity contribution is 0.725. The van der Waals surface area contributed by atoms with Gasteiger partial charge in [0.1, 0.15) is 5.82 Å². The molecule has 2 aliphatic rings. The maximum atomic E-state index is 4.80. The molecule has 2 heterocycles. The number of rotatable bonds is 4. The van der Waals surface area contributed by atoms with Crippen LogP contribution in [-0.2, 0) is 6.42 Å². The van der Waals surface area contributed by atoms with Crippen LogP contribution in [0.4, 0.5) is 11.8 Å². The summed E-state index contributed by atoms with van der Waals surface area (Å²) in [5.41, 5.74) is 4.13. The monoisotopic (exact) mass is 308 g/mol. The van der Waals surface area contributed by atoms with E-state index in [1.165, 1.54) is 12.0 Å². The topological polar surface area (TPSA) is 41.1 Å². The molecular formula is C19H24N4. The van der Waals surface area contributed by atoms with Crippen molar-refractivity contribution in [3.05, 3.63) is 47.2 Å². The van der Waals surface area contributed by atoms with E-state index >= 15 is 0 Å². The molecule has 23 heavy (non-hydrogen) atoms. The van der Waals surface area contributed by atoms with Crippen LogP contribution in [-0.4, -0.2) is 22.6 Å². The molecule has 1 saturated heterocycles. The van der Waals surface area contributed by atoms with Crippen molar-refractivity contribution in [2.75, 3.05) is 16.8 Å². The molecule has 1 aromatic carbocycles. The zero-order chi connectivity index (χ0) is 16.0. The minimum absolute atomic E-state index is 0.339. The van der Waals surface area contributed by atoms with E-state index in [1.807, 2.05) is 0 Å². The van der Waals surface area contributed by atoms with Gasteiger partial charge in [-0.25, -0.2) is 4.98 Å². The Labute approximate surface area is 138 Å². The Hall–Kier alpha value is -2.10. The maximum Gasteiger partial charge on any atom is 0.225 e. The van der Waals surface area contributed by atoms with Gasteiger partial charge in [-0.2, -0.15) is 4.98 Å². The molecule has 0 radical (unpaired) electrons. The molecule has 4 nitrogen and oxygen atoms in total. The first kappa shape index (κ1) is 14.5. The SMILES string of the molecule is CCc1cc(N2C[C@H]3C[C@H]2c2ccccc23)nc(NC(C)C)n1. The van der Waals surface area contributed by atoms with Crippen LogP contribution in [0, 0.1) is 0 Å². The molecule has 1 aromatic heterocycles. The summed E-state index contributed by atoms with van der Waals surface area (Å²) < 4.78 is 0. The van der Waals surface area contributed by atoms with Crippen LogP contribution in [0.5, 0.6) is 0 Å². The van der Waals surface area contributed by atoms with Gasteiger partial charge in [0.05, 0.1) is 6.04 Å². The van der Waals surface area contributed by atoms with Crippen LogP contribution in [0.25, 0.3) is 0 Å². The van der Waals surface area contributed by atoms with E-state index in [9.17, 15) is 0 Å². The predicted octanol–water partition coefficient (Wildman–Crippen LogP) is 3.91. The second-order valence-corrected chi connectivity index (χ2v) is 6.92. The highest BCUT2D eigenvalue weighted by molar-refractivity contribution is 5.55. The molecule has 1 aliphatic carbocycles. The zero-order valence-corrected chi connectivity index (χ0v) is 14.1. The maximum absolute atomic E-state index is 4.80. The Morgan fingerprint density at radius 1 is 1.22 bits per heavy atom. The van der Waals surface area contributed by atoms with Gasteiger partial charge >= 0.3 is 0 Å². The standard InChI is InChI=1S/C19H24N4/c1-4-14-10-18(22-19(21-14)20-12(2)3)23-11-13-9-17(23)16-8-6-5-7-15(13)16/h5-8,10,12-13,17H,4,9,11H2,1-3H3,(H,20,21,22)/t13-,17+/m1/s1. The molecule has 120 valence electrons. The van der Waals surface area contributed by atoms with E-state index in [0.29, 0.717) is 18.0 Å². The van der Waals surface area contributed by atoms with E-state index in [0.717, 1.165) is 30.4 Å². The van der Waals surface area contributed by atoms with Crippen LogP contribution < -0.4 is 10.2 Å². The van der Waals surface area contributed by atoms with E-state index < -0.39 is 0 Å². The van der Waals surface area contributed by atoms with Gasteiger partial charge in [0, 0.05) is 30.3 Å². The molecule has 0 unspecified atom stereocenters. The summed E-state index contributed by atoms with van der Waals surface area (Å²) in [6.45, 7) is 7.46. The number of aryl methyl sites for hydroxylation is 1. The van der Waals surface area contributed by atoms with Crippen molar-refractivity contribution in [1.29, 1.82) is 0 Å². The second-order valence-electron chi connectivity index (χ2n) is 6.92. The highest BCUT2D eigenvalue weighted by Gasteiger charge is 2.42. The first-order chi connectivity index (χ1) is 11.2. The second kappa shape index (κ2) is 5.52. The predicted molar refractivity (Wildman–Crippen MR) is 94.1 cm³/mol. The molecule has 2 aromatic rings. The van der Waals surface area contributed by atoms with Crippen molar-refractivity contribution in [2.24, 2.45) is 0 Å². The Morgan fingerprint density at radius 2 is 2.00 bits per heavy atom. The number of nitrogens with one attached hydrogen (secondary N) is 1. The van der Waals surface area contributed by atoms with E-state index in [2.05, 4.69) is 66.3 Å². The zero-order valence-electron chi connectivity index (χ0n) is 14.1. The fourth-order valence-corrected chi connectivity index (χ4v) is 3.93. The fraction of sp³-hybridized carbons (Fsp3) is 0.474. The van der Waals surface area contributed by atoms with Crippen molar-refractivity contribution in [3.63, 3.8) is 0 Å². The molecule has 1 aliphatic heterocycles. The molecule has 1 fully saturated rings. The van der Waals surface area contributed by atoms with Crippen molar-refractivity contribution in [2.45, 2.75) is 51.6 Å². The van der Waals surface area contributed by atoms with Crippen molar-refractivity contribution < 1.29 is 0 Å². The Morgan fingerprint density at radius 3 is 2.74 bits per heavy atom. The van der Waals surface area contributed by atoms with Crippen LogP contribution in [0.1, 0.15) is 56.0 Å². The Kier molecular flexibility index (Phi) is 3.47. The highest BCUT2D eigenvalue weighted by Crippen LogP contribution is 2.51. The Bertz CT molecular complexity index is 725. The number of benzene rings is 1. The normalized spacial score (nSPS) is 21.8. The van der Waals surface area contributed by atoms with Gasteiger partial charge in [0.15, 0.2) is 0 Å². The summed E-state index contributed by atoms with van der Waals surface area (Å²) in [5.74, 6) is 2.48. The first-order valence-corrected chi connectivity index (χ1v) is 8.65. The molecule has 1 N–H and O–H groups in total. The van der Waals surface area contributed by atoms with Crippen LogP contribution >= 0.6 is 0 Å². The van der Waals surface area contributed by atoms with Crippen LogP contribution in [0.3, 0.4) is 0 Å². The highest BCUT2D eigenvalue weighted by atomic mass is 15.3. The first-order valence-electron chi connectivity index (χ1n) is 8.65. The average Bonchev–Trinajstić information content (AvgIpc) is 3.13. The lowest BCUT2D eigenvalue weighted by atomic mass is 9.99. The molecule has 4 heteroatoms. The largest absolute Gasteiger partial charge is 0.352 e. The van der Waals surface area contributed by atoms with Gasteiger partial charge in [-0.05, 0) is 37.8 Å². The van der Waals surface area contributed by atoms with E-state index in [1.54, 1.807) is 5.56 Å². The van der Waals surface area contributed by atoms with Gasteiger partial charge in [0.2, 0.25) is 5.95 Å². The van der Waals surface area contributed by atoms with Gasteiger partial charge in [-0.1, -0.05) is 31.2 Å². The van der Waals surface area contributed by atoms with Gasteiger partial charge < -0.3 is 10.2 Å². The Balaban J connectivity index is 1.69. The van der Waals surface area contributed by atoms with Gasteiger partial charge in [-0.3, -0.25) is 0 Å². The van der Waals surface area contributed by atoms with Crippen molar-refractivity contribution >= 4 is 11.8 Å². The summed E-state index contributed by atoms with van der Waals surface area (Å²) in [6.07, 6.45) is 2.15. The van der Waals surface area contributed by atoms with Gasteiger partial charge in [-0.15, -0.1) is 0 Å². The third-order valence-electron chi connectivity index (χ3n) is 4.94. The van der Waals surface area contributed by atoms with E-state index in [4.69, 9.17) is 4.98 Å². The third kappa shape index (κ3) is 2.46. The summed E-state index contributed by atoms with van der Waals surface area (Å²) in [6, 6.07) is 11.9. The molecule has 2 atom stereocenters. The number of anilines is 2. The number of nitrogens with zero attached hydrogens (tertiary/aromatic N) is 3. The van der Waals surface area contributed by atoms with Gasteiger partial charge in [0.25, 0.3) is 0 Å². The van der Waals surface area contributed by atoms with Crippen LogP contribution in [0.15, 0.2) is 30.3 Å². The molecular weight excluding hydrogens is 284 g/mol. The third-order valence-corrected chi connectivity index (χ3v) is 4.94. The molecule has 4 rings (SSSR count). The van der Waals surface area contributed by atoms with Crippen molar-refractivity contribution in [1.82, 2.24) is 9.97 Å². The summed E-state index contributed by atoms with van der Waals surface area (Å²) in [7, 11) is 0. The minimum Gasteiger partial charge on any atom is -0.352 e. The molecule has 2 bridgehead atoms. The number of aromatic nitrogens is 2. The quantitative estimate of drug-likeness (QED) is 0.930. The molecule has 0 saturated carbocycles. The summed E-state index contributed by atoms with van der Waals surface area (Å²) in [5, 5.41) is 3.36. The molecule has 0 amide bonds. The summed E-state index contributed by atoms with van der Waals surface area (Å²) >= 11 is 0. The lowest BCUT2D eigenvalue weighted by Gasteiger charge is -2.30.